The van der Waals surface area contributed by atoms with Crippen LogP contribution in [-0.4, -0.2) is 24.1 Å². The van der Waals surface area contributed by atoms with E-state index in [-0.39, 0.29) is 6.10 Å². The van der Waals surface area contributed by atoms with Crippen molar-refractivity contribution in [3.05, 3.63) is 35.9 Å². The Hall–Kier alpha value is -1.84. The van der Waals surface area contributed by atoms with Gasteiger partial charge in [-0.3, -0.25) is 0 Å². The Labute approximate surface area is 131 Å². The Bertz CT molecular complexity index is 477. The Kier molecular flexibility index (Phi) is 6.44. The van der Waals surface area contributed by atoms with Crippen molar-refractivity contribution in [2.24, 2.45) is 0 Å². The normalized spacial score (nSPS) is 16.8. The second-order valence-corrected chi connectivity index (χ2v) is 5.75. The summed E-state index contributed by atoms with van der Waals surface area (Å²) in [5, 5.41) is 0. The summed E-state index contributed by atoms with van der Waals surface area (Å²) >= 11 is 0. The maximum Gasteiger partial charge on any atom is 0.347 e. The number of rotatable bonds is 6. The summed E-state index contributed by atoms with van der Waals surface area (Å²) in [5.74, 6) is -0.877. The molecular weight excluding hydrogens is 280 g/mol. The average Bonchev–Trinajstić information content (AvgIpc) is 2.56. The lowest BCUT2D eigenvalue weighted by Gasteiger charge is -2.24. The molecule has 0 radical (unpaired) electrons. The van der Waals surface area contributed by atoms with Crippen molar-refractivity contribution in [3.8, 4) is 0 Å². The van der Waals surface area contributed by atoms with Crippen molar-refractivity contribution < 1.29 is 19.1 Å². The average molecular weight is 304 g/mol. The maximum atomic E-state index is 12.3. The van der Waals surface area contributed by atoms with Gasteiger partial charge in [-0.1, -0.05) is 38.0 Å². The number of ether oxygens (including phenoxy) is 2. The van der Waals surface area contributed by atoms with Gasteiger partial charge in [0, 0.05) is 0 Å². The molecule has 0 aromatic heterocycles. The van der Waals surface area contributed by atoms with E-state index in [1.54, 1.807) is 24.3 Å². The summed E-state index contributed by atoms with van der Waals surface area (Å²) in [6, 6.07) is 8.73. The third kappa shape index (κ3) is 4.86. The summed E-state index contributed by atoms with van der Waals surface area (Å²) < 4.78 is 10.9. The van der Waals surface area contributed by atoms with Crippen LogP contribution in [0.1, 0.15) is 62.2 Å². The van der Waals surface area contributed by atoms with Crippen LogP contribution >= 0.6 is 0 Å². The summed E-state index contributed by atoms with van der Waals surface area (Å²) in [5.41, 5.74) is 0.453. The molecule has 1 aliphatic rings. The van der Waals surface area contributed by atoms with Crippen LogP contribution in [0, 0.1) is 0 Å². The zero-order chi connectivity index (χ0) is 15.8. The summed E-state index contributed by atoms with van der Waals surface area (Å²) in [4.78, 5) is 24.4. The maximum absolute atomic E-state index is 12.3. The van der Waals surface area contributed by atoms with Gasteiger partial charge in [0.1, 0.15) is 6.10 Å². The highest BCUT2D eigenvalue weighted by atomic mass is 16.6. The highest BCUT2D eigenvalue weighted by Gasteiger charge is 2.27. The highest BCUT2D eigenvalue weighted by Crippen LogP contribution is 2.21. The number of hydrogen-bond acceptors (Lipinski definition) is 4. The lowest BCUT2D eigenvalue weighted by atomic mass is 9.98. The van der Waals surface area contributed by atoms with Crippen molar-refractivity contribution in [2.75, 3.05) is 0 Å². The third-order valence-corrected chi connectivity index (χ3v) is 3.91. The highest BCUT2D eigenvalue weighted by molar-refractivity contribution is 5.91. The van der Waals surface area contributed by atoms with Crippen LogP contribution in [0.4, 0.5) is 0 Å². The van der Waals surface area contributed by atoms with Crippen LogP contribution in [0.2, 0.25) is 0 Å². The summed E-state index contributed by atoms with van der Waals surface area (Å²) in [6.07, 6.45) is 5.65. The molecular formula is C18H24O4. The molecule has 4 nitrogen and oxygen atoms in total. The van der Waals surface area contributed by atoms with Gasteiger partial charge >= 0.3 is 11.9 Å². The molecule has 1 saturated carbocycles. The minimum absolute atomic E-state index is 0.0176. The lowest BCUT2D eigenvalue weighted by Crippen LogP contribution is -2.33. The number of benzene rings is 1. The minimum Gasteiger partial charge on any atom is -0.460 e. The Balaban J connectivity index is 1.93. The van der Waals surface area contributed by atoms with E-state index < -0.39 is 18.0 Å². The second-order valence-electron chi connectivity index (χ2n) is 5.75. The SMILES string of the molecule is CCCC(OC(=O)c1ccccc1)C(=O)OC1CCCCC1. The van der Waals surface area contributed by atoms with Crippen molar-refractivity contribution in [2.45, 2.75) is 64.1 Å². The molecule has 0 heterocycles. The van der Waals surface area contributed by atoms with Crippen molar-refractivity contribution in [1.82, 2.24) is 0 Å². The van der Waals surface area contributed by atoms with E-state index in [4.69, 9.17) is 9.47 Å². The molecule has 0 bridgehead atoms. The van der Waals surface area contributed by atoms with Gasteiger partial charge in [0.25, 0.3) is 0 Å². The fourth-order valence-corrected chi connectivity index (χ4v) is 2.68. The molecule has 1 unspecified atom stereocenters. The van der Waals surface area contributed by atoms with Crippen LogP contribution in [-0.2, 0) is 14.3 Å². The summed E-state index contributed by atoms with van der Waals surface area (Å²) in [7, 11) is 0. The molecule has 22 heavy (non-hydrogen) atoms. The van der Waals surface area contributed by atoms with Gasteiger partial charge in [-0.05, 0) is 44.2 Å². The Morgan fingerprint density at radius 1 is 1.14 bits per heavy atom. The fraction of sp³-hybridized carbons (Fsp3) is 0.556. The first-order valence-electron chi connectivity index (χ1n) is 8.17. The van der Waals surface area contributed by atoms with Gasteiger partial charge < -0.3 is 9.47 Å². The van der Waals surface area contributed by atoms with Gasteiger partial charge in [-0.25, -0.2) is 9.59 Å². The monoisotopic (exact) mass is 304 g/mol. The number of carbonyl (C=O) groups excluding carboxylic acids is 2. The molecule has 1 aromatic rings. The van der Waals surface area contributed by atoms with Gasteiger partial charge in [0.05, 0.1) is 5.56 Å². The van der Waals surface area contributed by atoms with Gasteiger partial charge in [-0.2, -0.15) is 0 Å². The molecule has 0 saturated heterocycles. The first kappa shape index (κ1) is 16.5. The molecule has 120 valence electrons. The first-order chi connectivity index (χ1) is 10.7. The van der Waals surface area contributed by atoms with Gasteiger partial charge in [-0.15, -0.1) is 0 Å². The number of hydrogen-bond donors (Lipinski definition) is 0. The zero-order valence-corrected chi connectivity index (χ0v) is 13.1. The van der Waals surface area contributed by atoms with E-state index in [1.807, 2.05) is 13.0 Å². The smallest absolute Gasteiger partial charge is 0.347 e. The Morgan fingerprint density at radius 2 is 1.82 bits per heavy atom. The number of esters is 2. The second kappa shape index (κ2) is 8.57. The molecule has 4 heteroatoms. The molecule has 0 N–H and O–H groups in total. The van der Waals surface area contributed by atoms with Crippen LogP contribution in [0.25, 0.3) is 0 Å². The van der Waals surface area contributed by atoms with Crippen molar-refractivity contribution >= 4 is 11.9 Å². The van der Waals surface area contributed by atoms with E-state index >= 15 is 0 Å². The summed E-state index contributed by atoms with van der Waals surface area (Å²) in [6.45, 7) is 1.96. The molecule has 1 atom stereocenters. The quantitative estimate of drug-likeness (QED) is 0.748. The van der Waals surface area contributed by atoms with Crippen LogP contribution in [0.15, 0.2) is 30.3 Å². The molecule has 2 rings (SSSR count). The van der Waals surface area contributed by atoms with Crippen LogP contribution < -0.4 is 0 Å². The molecule has 0 aliphatic heterocycles. The first-order valence-corrected chi connectivity index (χ1v) is 8.17. The van der Waals surface area contributed by atoms with Gasteiger partial charge in [0.15, 0.2) is 6.10 Å². The van der Waals surface area contributed by atoms with Gasteiger partial charge in [0.2, 0.25) is 0 Å². The predicted octanol–water partition coefficient (Wildman–Crippen LogP) is 3.89. The third-order valence-electron chi connectivity index (χ3n) is 3.91. The standard InChI is InChI=1S/C18H24O4/c1-2-9-16(18(20)21-15-12-7-4-8-13-15)22-17(19)14-10-5-3-6-11-14/h3,5-6,10-11,15-16H,2,4,7-9,12-13H2,1H3. The minimum atomic E-state index is -0.806. The molecule has 0 amide bonds. The Morgan fingerprint density at radius 3 is 2.45 bits per heavy atom. The van der Waals surface area contributed by atoms with E-state index in [0.29, 0.717) is 12.0 Å². The zero-order valence-electron chi connectivity index (χ0n) is 13.1. The molecule has 1 aliphatic carbocycles. The van der Waals surface area contributed by atoms with Crippen LogP contribution in [0.3, 0.4) is 0 Å². The lowest BCUT2D eigenvalue weighted by molar-refractivity contribution is -0.161. The molecule has 1 aromatic carbocycles. The number of carbonyl (C=O) groups is 2. The van der Waals surface area contributed by atoms with E-state index in [0.717, 1.165) is 32.1 Å². The topological polar surface area (TPSA) is 52.6 Å². The molecule has 1 fully saturated rings. The van der Waals surface area contributed by atoms with Crippen molar-refractivity contribution in [1.29, 1.82) is 0 Å². The fourth-order valence-electron chi connectivity index (χ4n) is 2.68. The van der Waals surface area contributed by atoms with E-state index in [2.05, 4.69) is 0 Å². The van der Waals surface area contributed by atoms with E-state index in [9.17, 15) is 9.59 Å². The molecule has 0 spiro atoms. The predicted molar refractivity (Wildman–Crippen MR) is 83.5 cm³/mol. The largest absolute Gasteiger partial charge is 0.460 e. The van der Waals surface area contributed by atoms with Crippen molar-refractivity contribution in [3.63, 3.8) is 0 Å². The van der Waals surface area contributed by atoms with E-state index in [1.165, 1.54) is 6.42 Å². The van der Waals surface area contributed by atoms with Crippen LogP contribution in [0.5, 0.6) is 0 Å².